The van der Waals surface area contributed by atoms with Crippen LogP contribution in [0.5, 0.6) is 11.5 Å². The fourth-order valence-corrected chi connectivity index (χ4v) is 4.30. The quantitative estimate of drug-likeness (QED) is 0.350. The van der Waals surface area contributed by atoms with Crippen LogP contribution in [0, 0.1) is 13.8 Å². The molecule has 0 aliphatic rings. The fraction of sp³-hybridized carbons (Fsp3) is 0.355. The first kappa shape index (κ1) is 29.1. The predicted octanol–water partition coefficient (Wildman–Crippen LogP) is 5.90. The summed E-state index contributed by atoms with van der Waals surface area (Å²) < 4.78 is 11.3. The van der Waals surface area contributed by atoms with Crippen LogP contribution in [0.15, 0.2) is 66.7 Å². The van der Waals surface area contributed by atoms with Crippen molar-refractivity contribution < 1.29 is 19.1 Å². The molecular formula is C31H37ClN2O4. The third-order valence-electron chi connectivity index (χ3n) is 6.03. The lowest BCUT2D eigenvalue weighted by Gasteiger charge is -2.33. The second kappa shape index (κ2) is 12.8. The second-order valence-corrected chi connectivity index (χ2v) is 10.9. The number of methoxy groups -OCH3 is 1. The Morgan fingerprint density at radius 1 is 0.921 bits per heavy atom. The molecule has 38 heavy (non-hydrogen) atoms. The van der Waals surface area contributed by atoms with Crippen LogP contribution in [0.3, 0.4) is 0 Å². The Balaban J connectivity index is 1.96. The topological polar surface area (TPSA) is 67.9 Å². The molecule has 0 saturated heterocycles. The van der Waals surface area contributed by atoms with Gasteiger partial charge in [0.25, 0.3) is 5.91 Å². The Kier molecular flexibility index (Phi) is 9.81. The molecule has 0 saturated carbocycles. The molecule has 0 bridgehead atoms. The van der Waals surface area contributed by atoms with Gasteiger partial charge in [-0.2, -0.15) is 0 Å². The van der Waals surface area contributed by atoms with Crippen LogP contribution in [-0.4, -0.2) is 42.0 Å². The molecule has 1 unspecified atom stereocenters. The summed E-state index contributed by atoms with van der Waals surface area (Å²) in [4.78, 5) is 29.0. The summed E-state index contributed by atoms with van der Waals surface area (Å²) in [6.07, 6.45) is 0.359. The highest BCUT2D eigenvalue weighted by atomic mass is 35.5. The zero-order chi connectivity index (χ0) is 27.9. The molecule has 0 spiro atoms. The van der Waals surface area contributed by atoms with Gasteiger partial charge < -0.3 is 19.7 Å². The number of ether oxygens (including phenoxy) is 2. The van der Waals surface area contributed by atoms with E-state index in [0.29, 0.717) is 22.9 Å². The van der Waals surface area contributed by atoms with Crippen molar-refractivity contribution in [1.29, 1.82) is 0 Å². The van der Waals surface area contributed by atoms with E-state index in [4.69, 9.17) is 21.1 Å². The second-order valence-electron chi connectivity index (χ2n) is 10.5. The van der Waals surface area contributed by atoms with Gasteiger partial charge in [-0.3, -0.25) is 9.59 Å². The first-order valence-electron chi connectivity index (χ1n) is 12.6. The van der Waals surface area contributed by atoms with E-state index in [1.807, 2.05) is 101 Å². The van der Waals surface area contributed by atoms with Gasteiger partial charge in [0.1, 0.15) is 17.5 Å². The van der Waals surface area contributed by atoms with Crippen molar-refractivity contribution in [3.05, 3.63) is 94.0 Å². The van der Waals surface area contributed by atoms with E-state index in [1.54, 1.807) is 12.0 Å². The SMILES string of the molecule is COc1cccc(CN(C(=O)COc2cc(C)c(Cl)c(C)c2)C(Cc2ccccc2)C(=O)NC(C)(C)C)c1. The van der Waals surface area contributed by atoms with Crippen molar-refractivity contribution >= 4 is 23.4 Å². The molecule has 202 valence electrons. The highest BCUT2D eigenvalue weighted by molar-refractivity contribution is 6.32. The molecule has 0 aliphatic carbocycles. The van der Waals surface area contributed by atoms with Crippen LogP contribution in [-0.2, 0) is 22.6 Å². The van der Waals surface area contributed by atoms with Gasteiger partial charge in [0, 0.05) is 23.5 Å². The number of nitrogens with one attached hydrogen (secondary N) is 1. The number of carbonyl (C=O) groups is 2. The third-order valence-corrected chi connectivity index (χ3v) is 6.62. The molecule has 1 N–H and O–H groups in total. The number of benzene rings is 3. The van der Waals surface area contributed by atoms with Crippen molar-refractivity contribution in [3.63, 3.8) is 0 Å². The molecule has 0 aliphatic heterocycles. The van der Waals surface area contributed by atoms with Crippen LogP contribution in [0.25, 0.3) is 0 Å². The molecule has 1 atom stereocenters. The van der Waals surface area contributed by atoms with Gasteiger partial charge >= 0.3 is 0 Å². The minimum absolute atomic E-state index is 0.215. The van der Waals surface area contributed by atoms with Crippen LogP contribution in [0.4, 0.5) is 0 Å². The maximum absolute atomic E-state index is 13.8. The van der Waals surface area contributed by atoms with E-state index >= 15 is 0 Å². The van der Waals surface area contributed by atoms with Gasteiger partial charge in [-0.15, -0.1) is 0 Å². The summed E-state index contributed by atoms with van der Waals surface area (Å²) in [7, 11) is 1.60. The van der Waals surface area contributed by atoms with Gasteiger partial charge in [-0.25, -0.2) is 0 Å². The van der Waals surface area contributed by atoms with Gasteiger partial charge in [0.15, 0.2) is 6.61 Å². The maximum atomic E-state index is 13.8. The summed E-state index contributed by atoms with van der Waals surface area (Å²) in [5.74, 6) is 0.702. The summed E-state index contributed by atoms with van der Waals surface area (Å²) in [5.41, 5.74) is 3.07. The summed E-state index contributed by atoms with van der Waals surface area (Å²) >= 11 is 6.30. The number of aryl methyl sites for hydroxylation is 2. The Labute approximate surface area is 230 Å². The molecule has 3 rings (SSSR count). The molecule has 0 fully saturated rings. The number of carbonyl (C=O) groups excluding carboxylic acids is 2. The molecule has 6 nitrogen and oxygen atoms in total. The van der Waals surface area contributed by atoms with Gasteiger partial charge in [0.2, 0.25) is 5.91 Å². The smallest absolute Gasteiger partial charge is 0.261 e. The van der Waals surface area contributed by atoms with Crippen LogP contribution in [0.1, 0.15) is 43.0 Å². The normalized spacial score (nSPS) is 12.0. The first-order chi connectivity index (χ1) is 18.0. The van der Waals surface area contributed by atoms with Crippen LogP contribution in [0.2, 0.25) is 5.02 Å². The summed E-state index contributed by atoms with van der Waals surface area (Å²) in [6, 6.07) is 20.1. The van der Waals surface area contributed by atoms with E-state index < -0.39 is 11.6 Å². The average Bonchev–Trinajstić information content (AvgIpc) is 2.87. The van der Waals surface area contributed by atoms with Crippen molar-refractivity contribution in [2.24, 2.45) is 0 Å². The monoisotopic (exact) mass is 536 g/mol. The minimum atomic E-state index is -0.757. The molecule has 2 amide bonds. The fourth-order valence-electron chi connectivity index (χ4n) is 4.19. The number of hydrogen-bond acceptors (Lipinski definition) is 4. The molecule has 0 aromatic heterocycles. The summed E-state index contributed by atoms with van der Waals surface area (Å²) in [6.45, 7) is 9.55. The van der Waals surface area contributed by atoms with E-state index in [0.717, 1.165) is 22.3 Å². The number of nitrogens with zero attached hydrogens (tertiary/aromatic N) is 1. The number of hydrogen-bond donors (Lipinski definition) is 1. The Bertz CT molecular complexity index is 1230. The van der Waals surface area contributed by atoms with Crippen molar-refractivity contribution in [2.75, 3.05) is 13.7 Å². The number of halogens is 1. The highest BCUT2D eigenvalue weighted by Gasteiger charge is 2.32. The average molecular weight is 537 g/mol. The molecule has 3 aromatic carbocycles. The predicted molar refractivity (Wildman–Crippen MR) is 152 cm³/mol. The van der Waals surface area contributed by atoms with Gasteiger partial charge in [0.05, 0.1) is 7.11 Å². The van der Waals surface area contributed by atoms with Crippen molar-refractivity contribution in [3.8, 4) is 11.5 Å². The van der Waals surface area contributed by atoms with Crippen molar-refractivity contribution in [1.82, 2.24) is 10.2 Å². The lowest BCUT2D eigenvalue weighted by atomic mass is 10.0. The van der Waals surface area contributed by atoms with E-state index in [-0.39, 0.29) is 25.0 Å². The molecular weight excluding hydrogens is 500 g/mol. The summed E-state index contributed by atoms with van der Waals surface area (Å²) in [5, 5.41) is 3.74. The first-order valence-corrected chi connectivity index (χ1v) is 13.0. The Hall–Kier alpha value is -3.51. The lowest BCUT2D eigenvalue weighted by molar-refractivity contribution is -0.143. The standard InChI is InChI=1S/C31H37ClN2O4/c1-21-15-26(16-22(2)29(21)32)38-20-28(35)34(19-24-13-10-14-25(17-24)37-6)27(30(36)33-31(3,4)5)18-23-11-8-7-9-12-23/h7-17,27H,18-20H2,1-6H3,(H,33,36). The molecule has 3 aromatic rings. The largest absolute Gasteiger partial charge is 0.497 e. The van der Waals surface area contributed by atoms with E-state index in [2.05, 4.69) is 5.32 Å². The highest BCUT2D eigenvalue weighted by Crippen LogP contribution is 2.26. The van der Waals surface area contributed by atoms with Crippen molar-refractivity contribution in [2.45, 2.75) is 59.2 Å². The minimum Gasteiger partial charge on any atom is -0.497 e. The molecule has 0 heterocycles. The van der Waals surface area contributed by atoms with Gasteiger partial charge in [-0.1, -0.05) is 54.1 Å². The molecule has 7 heteroatoms. The number of amides is 2. The van der Waals surface area contributed by atoms with E-state index in [1.165, 1.54) is 0 Å². The maximum Gasteiger partial charge on any atom is 0.261 e. The Morgan fingerprint density at radius 2 is 1.55 bits per heavy atom. The lowest BCUT2D eigenvalue weighted by Crippen LogP contribution is -2.55. The Morgan fingerprint density at radius 3 is 2.16 bits per heavy atom. The van der Waals surface area contributed by atoms with Gasteiger partial charge in [-0.05, 0) is 81.1 Å². The zero-order valence-electron chi connectivity index (χ0n) is 23.0. The van der Waals surface area contributed by atoms with Crippen LogP contribution < -0.4 is 14.8 Å². The zero-order valence-corrected chi connectivity index (χ0v) is 23.8. The number of rotatable bonds is 10. The van der Waals surface area contributed by atoms with E-state index in [9.17, 15) is 9.59 Å². The third kappa shape index (κ3) is 8.25. The van der Waals surface area contributed by atoms with Crippen LogP contribution >= 0.6 is 11.6 Å². The molecule has 0 radical (unpaired) electrons.